The van der Waals surface area contributed by atoms with Crippen LogP contribution in [0.15, 0.2) is 5.11 Å². The van der Waals surface area contributed by atoms with Gasteiger partial charge in [-0.05, 0) is 5.53 Å². The first-order valence-electron chi connectivity index (χ1n) is 5.09. The Morgan fingerprint density at radius 3 is 2.88 bits per heavy atom. The molecular formula is C9H14N4O3. The predicted octanol–water partition coefficient (Wildman–Crippen LogP) is 0.708. The molecule has 88 valence electrons. The van der Waals surface area contributed by atoms with Gasteiger partial charge in [0.2, 0.25) is 11.8 Å². The van der Waals surface area contributed by atoms with Gasteiger partial charge in [-0.1, -0.05) is 12.0 Å². The minimum absolute atomic E-state index is 0.136. The summed E-state index contributed by atoms with van der Waals surface area (Å²) in [6, 6.07) is 0. The molecule has 1 aliphatic heterocycles. The van der Waals surface area contributed by atoms with Gasteiger partial charge in [-0.2, -0.15) is 0 Å². The van der Waals surface area contributed by atoms with Crippen LogP contribution in [0, 0.1) is 5.92 Å². The van der Waals surface area contributed by atoms with Crippen LogP contribution in [0.5, 0.6) is 0 Å². The Kier molecular flexibility index (Phi) is 4.75. The van der Waals surface area contributed by atoms with Crippen LogP contribution < -0.4 is 0 Å². The molecule has 1 unspecified atom stereocenters. The monoisotopic (exact) mass is 226 g/mol. The van der Waals surface area contributed by atoms with Gasteiger partial charge >= 0.3 is 0 Å². The van der Waals surface area contributed by atoms with Crippen LogP contribution in [0.1, 0.15) is 13.3 Å². The zero-order valence-electron chi connectivity index (χ0n) is 9.13. The van der Waals surface area contributed by atoms with Crippen LogP contribution in [0.25, 0.3) is 10.4 Å². The molecule has 0 bridgehead atoms. The van der Waals surface area contributed by atoms with Gasteiger partial charge in [0.25, 0.3) is 0 Å². The van der Waals surface area contributed by atoms with Gasteiger partial charge in [0, 0.05) is 23.8 Å². The highest BCUT2D eigenvalue weighted by Crippen LogP contribution is 2.17. The van der Waals surface area contributed by atoms with Gasteiger partial charge < -0.3 is 4.74 Å². The van der Waals surface area contributed by atoms with E-state index >= 15 is 0 Å². The zero-order chi connectivity index (χ0) is 12.0. The van der Waals surface area contributed by atoms with Crippen molar-refractivity contribution in [2.45, 2.75) is 13.3 Å². The fraction of sp³-hybridized carbons (Fsp3) is 0.778. The Balaban J connectivity index is 2.20. The maximum Gasteiger partial charge on any atom is 0.232 e. The number of azide groups is 1. The van der Waals surface area contributed by atoms with E-state index in [-0.39, 0.29) is 43.8 Å². The van der Waals surface area contributed by atoms with Gasteiger partial charge in [0.15, 0.2) is 0 Å². The highest BCUT2D eigenvalue weighted by atomic mass is 16.5. The molecule has 0 saturated carbocycles. The normalized spacial score (nSPS) is 20.1. The van der Waals surface area contributed by atoms with Crippen LogP contribution in [-0.4, -0.2) is 43.0 Å². The summed E-state index contributed by atoms with van der Waals surface area (Å²) in [7, 11) is 0. The molecule has 0 spiro atoms. The maximum atomic E-state index is 11.5. The number of amides is 2. The summed E-state index contributed by atoms with van der Waals surface area (Å²) in [5, 5.41) is 3.29. The summed E-state index contributed by atoms with van der Waals surface area (Å²) >= 11 is 0. The van der Waals surface area contributed by atoms with Crippen molar-refractivity contribution < 1.29 is 14.3 Å². The Labute approximate surface area is 93.0 Å². The Morgan fingerprint density at radius 1 is 1.56 bits per heavy atom. The van der Waals surface area contributed by atoms with Crippen molar-refractivity contribution >= 4 is 11.8 Å². The zero-order valence-corrected chi connectivity index (χ0v) is 9.13. The minimum atomic E-state index is -0.212. The third-order valence-electron chi connectivity index (χ3n) is 2.33. The van der Waals surface area contributed by atoms with E-state index in [0.717, 1.165) is 0 Å². The molecule has 0 radical (unpaired) electrons. The molecule has 1 saturated heterocycles. The molecule has 0 aromatic heterocycles. The first-order valence-corrected chi connectivity index (χ1v) is 5.09. The van der Waals surface area contributed by atoms with E-state index in [2.05, 4.69) is 10.0 Å². The van der Waals surface area contributed by atoms with E-state index in [9.17, 15) is 9.59 Å². The first kappa shape index (κ1) is 12.5. The molecule has 0 aliphatic carbocycles. The van der Waals surface area contributed by atoms with Gasteiger partial charge in [-0.15, -0.1) is 0 Å². The third kappa shape index (κ3) is 3.22. The summed E-state index contributed by atoms with van der Waals surface area (Å²) in [4.78, 5) is 26.6. The molecule has 7 nitrogen and oxygen atoms in total. The molecule has 1 aliphatic rings. The van der Waals surface area contributed by atoms with E-state index in [0.29, 0.717) is 6.61 Å². The lowest BCUT2D eigenvalue weighted by Crippen LogP contribution is -2.33. The van der Waals surface area contributed by atoms with Crippen molar-refractivity contribution in [3.63, 3.8) is 0 Å². The van der Waals surface area contributed by atoms with Crippen LogP contribution in [0.2, 0.25) is 0 Å². The molecule has 2 amide bonds. The Morgan fingerprint density at radius 2 is 2.31 bits per heavy atom. The SMILES string of the molecule is CC1CC(=O)N(CCOCCN=[N+]=[N-])C1=O. The number of carbonyl (C=O) groups is 2. The largest absolute Gasteiger partial charge is 0.379 e. The highest BCUT2D eigenvalue weighted by Gasteiger charge is 2.34. The number of likely N-dealkylation sites (tertiary alicyclic amines) is 1. The average molecular weight is 226 g/mol. The van der Waals surface area contributed by atoms with Gasteiger partial charge in [-0.25, -0.2) is 0 Å². The van der Waals surface area contributed by atoms with Crippen molar-refractivity contribution in [3.8, 4) is 0 Å². The lowest BCUT2D eigenvalue weighted by Gasteiger charge is -2.13. The second-order valence-electron chi connectivity index (χ2n) is 3.56. The number of hydrogen-bond acceptors (Lipinski definition) is 4. The number of rotatable bonds is 6. The number of ether oxygens (including phenoxy) is 1. The molecular weight excluding hydrogens is 212 g/mol. The van der Waals surface area contributed by atoms with Crippen LogP contribution >= 0.6 is 0 Å². The molecule has 0 aromatic carbocycles. The van der Waals surface area contributed by atoms with Gasteiger partial charge in [0.1, 0.15) is 0 Å². The molecule has 0 N–H and O–H groups in total. The van der Waals surface area contributed by atoms with E-state index in [1.807, 2.05) is 0 Å². The first-order chi connectivity index (χ1) is 7.66. The predicted molar refractivity (Wildman–Crippen MR) is 55.3 cm³/mol. The summed E-state index contributed by atoms with van der Waals surface area (Å²) in [6.45, 7) is 2.86. The molecule has 0 aromatic rings. The van der Waals surface area contributed by atoms with Crippen LogP contribution in [0.3, 0.4) is 0 Å². The fourth-order valence-electron chi connectivity index (χ4n) is 1.49. The standard InChI is InChI=1S/C9H14N4O3/c1-7-6-8(14)13(9(7)15)3-5-16-4-2-11-12-10/h7H,2-6H2,1H3. The van der Waals surface area contributed by atoms with E-state index in [1.165, 1.54) is 4.90 Å². The van der Waals surface area contributed by atoms with E-state index < -0.39 is 0 Å². The molecule has 16 heavy (non-hydrogen) atoms. The van der Waals surface area contributed by atoms with E-state index in [4.69, 9.17) is 10.3 Å². The fourth-order valence-corrected chi connectivity index (χ4v) is 1.49. The lowest BCUT2D eigenvalue weighted by molar-refractivity contribution is -0.140. The number of hydrogen-bond donors (Lipinski definition) is 0. The van der Waals surface area contributed by atoms with Crippen molar-refractivity contribution in [1.29, 1.82) is 0 Å². The van der Waals surface area contributed by atoms with E-state index in [1.54, 1.807) is 6.92 Å². The third-order valence-corrected chi connectivity index (χ3v) is 2.33. The molecule has 7 heteroatoms. The minimum Gasteiger partial charge on any atom is -0.379 e. The topological polar surface area (TPSA) is 95.4 Å². The van der Waals surface area contributed by atoms with Crippen LogP contribution in [-0.2, 0) is 14.3 Å². The molecule has 1 atom stereocenters. The number of imide groups is 1. The quantitative estimate of drug-likeness (QED) is 0.219. The van der Waals surface area contributed by atoms with Crippen LogP contribution in [0.4, 0.5) is 0 Å². The summed E-state index contributed by atoms with van der Waals surface area (Å²) in [5.41, 5.74) is 8.00. The lowest BCUT2D eigenvalue weighted by atomic mass is 10.1. The van der Waals surface area contributed by atoms with Crippen molar-refractivity contribution in [2.24, 2.45) is 11.0 Å². The number of carbonyl (C=O) groups excluding carboxylic acids is 2. The summed E-state index contributed by atoms with van der Waals surface area (Å²) in [6.07, 6.45) is 0.289. The highest BCUT2D eigenvalue weighted by molar-refractivity contribution is 6.03. The van der Waals surface area contributed by atoms with Gasteiger partial charge in [-0.3, -0.25) is 14.5 Å². The molecule has 1 rings (SSSR count). The average Bonchev–Trinajstić information content (AvgIpc) is 2.49. The molecule has 1 heterocycles. The van der Waals surface area contributed by atoms with Crippen molar-refractivity contribution in [3.05, 3.63) is 10.4 Å². The second kappa shape index (κ2) is 6.09. The summed E-state index contributed by atoms with van der Waals surface area (Å²) < 4.78 is 5.12. The smallest absolute Gasteiger partial charge is 0.232 e. The summed E-state index contributed by atoms with van der Waals surface area (Å²) in [5.74, 6) is -0.490. The Hall–Kier alpha value is -1.59. The maximum absolute atomic E-state index is 11.5. The number of nitrogens with zero attached hydrogens (tertiary/aromatic N) is 4. The van der Waals surface area contributed by atoms with Crippen molar-refractivity contribution in [1.82, 2.24) is 4.90 Å². The van der Waals surface area contributed by atoms with Gasteiger partial charge in [0.05, 0.1) is 19.8 Å². The Bertz CT molecular complexity index is 325. The second-order valence-corrected chi connectivity index (χ2v) is 3.56. The molecule has 1 fully saturated rings. The van der Waals surface area contributed by atoms with Crippen molar-refractivity contribution in [2.75, 3.05) is 26.3 Å².